The zero-order valence-electron chi connectivity index (χ0n) is 17.6. The zero-order valence-corrected chi connectivity index (χ0v) is 19.1. The third kappa shape index (κ3) is 5.21. The second kappa shape index (κ2) is 9.85. The van der Waals surface area contributed by atoms with Crippen LogP contribution < -0.4 is 9.62 Å². The Bertz CT molecular complexity index is 1330. The minimum Gasteiger partial charge on any atom is -0.321 e. The Morgan fingerprint density at radius 1 is 1.15 bits per heavy atom. The van der Waals surface area contributed by atoms with Crippen LogP contribution in [0.15, 0.2) is 84.3 Å². The summed E-state index contributed by atoms with van der Waals surface area (Å²) in [7, 11) is -4.14. The van der Waals surface area contributed by atoms with Crippen LogP contribution >= 0.6 is 11.6 Å². The lowest BCUT2D eigenvalue weighted by atomic mass is 10.1. The normalized spacial score (nSPS) is 11.0. The third-order valence-corrected chi connectivity index (χ3v) is 7.06. The summed E-state index contributed by atoms with van der Waals surface area (Å²) in [6.45, 7) is 5.30. The number of benzene rings is 3. The number of non-ortho nitro benzene ring substituents is 1. The number of nitro benzene ring substituents is 1. The Morgan fingerprint density at radius 2 is 1.85 bits per heavy atom. The van der Waals surface area contributed by atoms with E-state index in [0.717, 1.165) is 4.31 Å². The van der Waals surface area contributed by atoms with Gasteiger partial charge in [0.2, 0.25) is 0 Å². The lowest BCUT2D eigenvalue weighted by Gasteiger charge is -2.24. The molecule has 170 valence electrons. The van der Waals surface area contributed by atoms with Gasteiger partial charge in [0.1, 0.15) is 4.90 Å². The molecule has 0 aliphatic heterocycles. The molecule has 0 radical (unpaired) electrons. The first-order valence-electron chi connectivity index (χ1n) is 9.69. The van der Waals surface area contributed by atoms with Crippen LogP contribution in [-0.4, -0.2) is 25.8 Å². The molecule has 0 saturated carbocycles. The highest BCUT2D eigenvalue weighted by atomic mass is 35.5. The van der Waals surface area contributed by atoms with E-state index >= 15 is 0 Å². The van der Waals surface area contributed by atoms with E-state index in [1.54, 1.807) is 37.3 Å². The second-order valence-corrected chi connectivity index (χ2v) is 9.25. The molecule has 8 nitrogen and oxygen atoms in total. The van der Waals surface area contributed by atoms with E-state index in [1.807, 2.05) is 0 Å². The van der Waals surface area contributed by atoms with Crippen molar-refractivity contribution in [2.24, 2.45) is 0 Å². The molecule has 1 N–H and O–H groups in total. The fourth-order valence-electron chi connectivity index (χ4n) is 3.07. The Labute approximate surface area is 196 Å². The molecular weight excluding hydrogens is 466 g/mol. The van der Waals surface area contributed by atoms with E-state index in [1.165, 1.54) is 42.5 Å². The molecule has 0 fully saturated rings. The summed E-state index contributed by atoms with van der Waals surface area (Å²) in [6, 6.07) is 16.4. The standard InChI is InChI=1S/C23H20ClN3O5S/c1-3-13-26(18-7-5-4-6-8-18)33(31,32)22-14-17(10-12-20(22)24)23(28)25-21-15-19(27(29)30)11-9-16(21)2/h3-12,14-15H,1,13H2,2H3,(H,25,28). The number of nitro groups is 1. The topological polar surface area (TPSA) is 110 Å². The van der Waals surface area contributed by atoms with Gasteiger partial charge in [0, 0.05) is 17.7 Å². The van der Waals surface area contributed by atoms with Gasteiger partial charge in [-0.3, -0.25) is 19.2 Å². The molecule has 0 unspecified atom stereocenters. The minimum atomic E-state index is -4.14. The number of nitrogens with one attached hydrogen (secondary N) is 1. The number of rotatable bonds is 8. The number of nitrogens with zero attached hydrogens (tertiary/aromatic N) is 2. The van der Waals surface area contributed by atoms with Crippen molar-refractivity contribution in [2.45, 2.75) is 11.8 Å². The van der Waals surface area contributed by atoms with Crippen LogP contribution in [0.2, 0.25) is 5.02 Å². The van der Waals surface area contributed by atoms with Crippen molar-refractivity contribution in [3.8, 4) is 0 Å². The van der Waals surface area contributed by atoms with E-state index in [0.29, 0.717) is 11.3 Å². The van der Waals surface area contributed by atoms with Gasteiger partial charge in [0.05, 0.1) is 27.9 Å². The lowest BCUT2D eigenvalue weighted by Crippen LogP contribution is -2.31. The summed E-state index contributed by atoms with van der Waals surface area (Å²) >= 11 is 6.22. The van der Waals surface area contributed by atoms with Gasteiger partial charge in [-0.2, -0.15) is 0 Å². The molecule has 0 bridgehead atoms. The molecule has 0 spiro atoms. The van der Waals surface area contributed by atoms with Crippen LogP contribution in [0.5, 0.6) is 0 Å². The van der Waals surface area contributed by atoms with Gasteiger partial charge < -0.3 is 5.32 Å². The van der Waals surface area contributed by atoms with Crippen LogP contribution in [0.3, 0.4) is 0 Å². The Hall–Kier alpha value is -3.69. The molecule has 0 saturated heterocycles. The highest BCUT2D eigenvalue weighted by molar-refractivity contribution is 7.93. The maximum absolute atomic E-state index is 13.4. The predicted octanol–water partition coefficient (Wildman–Crippen LogP) is 5.19. The summed E-state index contributed by atoms with van der Waals surface area (Å²) in [5.41, 5.74) is 1.10. The SMILES string of the molecule is C=CCN(c1ccccc1)S(=O)(=O)c1cc(C(=O)Nc2cc([N+](=O)[O-])ccc2C)ccc1Cl. The number of para-hydroxylation sites is 1. The minimum absolute atomic E-state index is 0.00796. The number of halogens is 1. The monoisotopic (exact) mass is 485 g/mol. The third-order valence-electron chi connectivity index (χ3n) is 4.78. The summed E-state index contributed by atoms with van der Waals surface area (Å²) in [6.07, 6.45) is 1.44. The van der Waals surface area contributed by atoms with Gasteiger partial charge in [0.15, 0.2) is 0 Å². The highest BCUT2D eigenvalue weighted by Crippen LogP contribution is 2.30. The van der Waals surface area contributed by atoms with Crippen LogP contribution in [0, 0.1) is 17.0 Å². The maximum Gasteiger partial charge on any atom is 0.271 e. The average molecular weight is 486 g/mol. The first-order valence-corrected chi connectivity index (χ1v) is 11.5. The Morgan fingerprint density at radius 3 is 2.48 bits per heavy atom. The van der Waals surface area contributed by atoms with Crippen molar-refractivity contribution in [1.29, 1.82) is 0 Å². The van der Waals surface area contributed by atoms with E-state index in [9.17, 15) is 23.3 Å². The van der Waals surface area contributed by atoms with Gasteiger partial charge in [0.25, 0.3) is 21.6 Å². The molecule has 0 atom stereocenters. The van der Waals surface area contributed by atoms with Crippen LogP contribution in [-0.2, 0) is 10.0 Å². The number of carbonyl (C=O) groups excluding carboxylic acids is 1. The van der Waals surface area contributed by atoms with E-state index < -0.39 is 20.9 Å². The fourth-order valence-corrected chi connectivity index (χ4v) is 5.01. The molecule has 1 amide bonds. The first-order chi connectivity index (χ1) is 15.6. The smallest absolute Gasteiger partial charge is 0.271 e. The van der Waals surface area contributed by atoms with Crippen LogP contribution in [0.1, 0.15) is 15.9 Å². The van der Waals surface area contributed by atoms with Crippen LogP contribution in [0.25, 0.3) is 0 Å². The Kier molecular flexibility index (Phi) is 7.15. The van der Waals surface area contributed by atoms with E-state index in [2.05, 4.69) is 11.9 Å². The van der Waals surface area contributed by atoms with Gasteiger partial charge in [-0.25, -0.2) is 8.42 Å². The summed E-state index contributed by atoms with van der Waals surface area (Å²) in [5.74, 6) is -0.637. The number of aryl methyl sites for hydroxylation is 1. The summed E-state index contributed by atoms with van der Waals surface area (Å²) in [5, 5.41) is 13.6. The first kappa shape index (κ1) is 24.0. The van der Waals surface area contributed by atoms with Crippen LogP contribution in [0.4, 0.5) is 17.1 Å². The molecule has 3 rings (SSSR count). The number of hydrogen-bond donors (Lipinski definition) is 1. The van der Waals surface area contributed by atoms with E-state index in [4.69, 9.17) is 11.6 Å². The summed E-state index contributed by atoms with van der Waals surface area (Å²) in [4.78, 5) is 23.1. The number of amides is 1. The molecule has 3 aromatic rings. The van der Waals surface area contributed by atoms with Crippen molar-refractivity contribution in [1.82, 2.24) is 0 Å². The number of anilines is 2. The molecule has 0 aromatic heterocycles. The quantitative estimate of drug-likeness (QED) is 0.268. The molecule has 3 aromatic carbocycles. The molecular formula is C23H20ClN3O5S. The summed E-state index contributed by atoms with van der Waals surface area (Å²) < 4.78 is 28.0. The number of carbonyl (C=O) groups is 1. The van der Waals surface area contributed by atoms with Crippen molar-refractivity contribution in [3.05, 3.63) is 106 Å². The highest BCUT2D eigenvalue weighted by Gasteiger charge is 2.27. The van der Waals surface area contributed by atoms with Gasteiger partial charge in [-0.15, -0.1) is 6.58 Å². The van der Waals surface area contributed by atoms with Crippen molar-refractivity contribution < 1.29 is 18.1 Å². The predicted molar refractivity (Wildman–Crippen MR) is 128 cm³/mol. The maximum atomic E-state index is 13.4. The average Bonchev–Trinajstić information content (AvgIpc) is 2.79. The number of sulfonamides is 1. The van der Waals surface area contributed by atoms with Crippen molar-refractivity contribution in [2.75, 3.05) is 16.2 Å². The fraction of sp³-hybridized carbons (Fsp3) is 0.0870. The largest absolute Gasteiger partial charge is 0.321 e. The van der Waals surface area contributed by atoms with Crippen molar-refractivity contribution >= 4 is 44.6 Å². The zero-order chi connectivity index (χ0) is 24.2. The lowest BCUT2D eigenvalue weighted by molar-refractivity contribution is -0.384. The van der Waals surface area contributed by atoms with Gasteiger partial charge in [-0.1, -0.05) is 41.9 Å². The molecule has 33 heavy (non-hydrogen) atoms. The van der Waals surface area contributed by atoms with Gasteiger partial charge >= 0.3 is 0 Å². The molecule has 0 aliphatic carbocycles. The second-order valence-electron chi connectivity index (χ2n) is 7.02. The van der Waals surface area contributed by atoms with Crippen molar-refractivity contribution in [3.63, 3.8) is 0 Å². The van der Waals surface area contributed by atoms with Gasteiger partial charge in [-0.05, 0) is 42.8 Å². The number of hydrogen-bond acceptors (Lipinski definition) is 5. The molecule has 0 heterocycles. The van der Waals surface area contributed by atoms with E-state index in [-0.39, 0.29) is 33.4 Å². The molecule has 10 heteroatoms. The molecule has 0 aliphatic rings. The Balaban J connectivity index is 1.99.